The van der Waals surface area contributed by atoms with Gasteiger partial charge in [-0.15, -0.1) is 0 Å². The fourth-order valence-corrected chi connectivity index (χ4v) is 3.56. The molecule has 182 valence electrons. The summed E-state index contributed by atoms with van der Waals surface area (Å²) in [4.78, 5) is 27.1. The van der Waals surface area contributed by atoms with E-state index in [1.807, 2.05) is 44.2 Å². The maximum Gasteiger partial charge on any atom is 0.407 e. The predicted octanol–water partition coefficient (Wildman–Crippen LogP) is 4.94. The van der Waals surface area contributed by atoms with Crippen molar-refractivity contribution >= 4 is 12.0 Å². The van der Waals surface area contributed by atoms with Crippen molar-refractivity contribution in [2.75, 3.05) is 13.1 Å². The van der Waals surface area contributed by atoms with Crippen LogP contribution in [0.5, 0.6) is 0 Å². The Bertz CT molecular complexity index is 670. The first-order valence-corrected chi connectivity index (χ1v) is 12.0. The highest BCUT2D eigenvalue weighted by molar-refractivity contribution is 5.76. The van der Waals surface area contributed by atoms with Gasteiger partial charge in [0.2, 0.25) is 5.91 Å². The van der Waals surface area contributed by atoms with Crippen LogP contribution in [0, 0.1) is 5.92 Å². The zero-order chi connectivity index (χ0) is 24.1. The molecular weight excluding hydrogens is 404 g/mol. The van der Waals surface area contributed by atoms with E-state index in [9.17, 15) is 14.7 Å². The van der Waals surface area contributed by atoms with E-state index in [4.69, 9.17) is 4.74 Å². The summed E-state index contributed by atoms with van der Waals surface area (Å²) in [5, 5.41) is 13.8. The molecule has 0 aliphatic rings. The van der Waals surface area contributed by atoms with Gasteiger partial charge in [-0.25, -0.2) is 4.79 Å². The number of ether oxygens (including phenoxy) is 1. The average Bonchev–Trinajstić information content (AvgIpc) is 2.69. The van der Waals surface area contributed by atoms with Crippen molar-refractivity contribution in [3.05, 3.63) is 35.9 Å². The molecule has 0 saturated heterocycles. The molecule has 0 saturated carbocycles. The van der Waals surface area contributed by atoms with Gasteiger partial charge in [-0.1, -0.05) is 63.9 Å². The second kappa shape index (κ2) is 14.1. The Hall–Kier alpha value is -2.08. The molecule has 0 heterocycles. The van der Waals surface area contributed by atoms with Crippen LogP contribution < -0.4 is 5.32 Å². The monoisotopic (exact) mass is 448 g/mol. The van der Waals surface area contributed by atoms with Gasteiger partial charge in [0, 0.05) is 19.5 Å². The lowest BCUT2D eigenvalue weighted by Gasteiger charge is -2.32. The van der Waals surface area contributed by atoms with Gasteiger partial charge in [-0.2, -0.15) is 0 Å². The van der Waals surface area contributed by atoms with E-state index < -0.39 is 23.8 Å². The first kappa shape index (κ1) is 28.0. The molecule has 6 heteroatoms. The molecule has 2 N–H and O–H groups in total. The van der Waals surface area contributed by atoms with Crippen molar-refractivity contribution in [2.24, 2.45) is 5.92 Å². The standard InChI is InChI=1S/C26H44N2O4/c1-7-8-12-17-28(24(30)16-15-21-13-10-9-11-14-21)19-23(29)22(18-20(2)3)27-25(31)32-26(4,5)6/h9-11,13-14,20,22-23,29H,7-8,12,15-19H2,1-6H3,(H,27,31)/t22-,23?/m0/s1. The third-order valence-corrected chi connectivity index (χ3v) is 5.15. The van der Waals surface area contributed by atoms with Crippen molar-refractivity contribution < 1.29 is 19.4 Å². The number of hydrogen-bond donors (Lipinski definition) is 2. The molecule has 2 amide bonds. The molecule has 0 radical (unpaired) electrons. The van der Waals surface area contributed by atoms with Gasteiger partial charge in [0.15, 0.2) is 0 Å². The molecule has 1 rings (SSSR count). The zero-order valence-corrected chi connectivity index (χ0v) is 20.9. The van der Waals surface area contributed by atoms with Crippen LogP contribution in [0.15, 0.2) is 30.3 Å². The highest BCUT2D eigenvalue weighted by Crippen LogP contribution is 2.14. The number of unbranched alkanes of at least 4 members (excludes halogenated alkanes) is 2. The number of aryl methyl sites for hydroxylation is 1. The van der Waals surface area contributed by atoms with Crippen LogP contribution in [0.3, 0.4) is 0 Å². The summed E-state index contributed by atoms with van der Waals surface area (Å²) in [6.07, 6.45) is 3.25. The Labute approximate surface area is 194 Å². The molecule has 1 aromatic rings. The zero-order valence-electron chi connectivity index (χ0n) is 20.9. The van der Waals surface area contributed by atoms with Crippen LogP contribution in [0.4, 0.5) is 4.79 Å². The molecular formula is C26H44N2O4. The van der Waals surface area contributed by atoms with Gasteiger partial charge < -0.3 is 20.1 Å². The second-order valence-corrected chi connectivity index (χ2v) is 9.98. The summed E-state index contributed by atoms with van der Waals surface area (Å²) in [5.74, 6) is 0.302. The number of benzene rings is 1. The predicted molar refractivity (Wildman–Crippen MR) is 129 cm³/mol. The summed E-state index contributed by atoms with van der Waals surface area (Å²) < 4.78 is 5.38. The van der Waals surface area contributed by atoms with E-state index in [0.29, 0.717) is 25.8 Å². The minimum absolute atomic E-state index is 0.0320. The van der Waals surface area contributed by atoms with Crippen LogP contribution >= 0.6 is 0 Å². The first-order chi connectivity index (χ1) is 15.0. The molecule has 0 aromatic heterocycles. The van der Waals surface area contributed by atoms with E-state index in [1.165, 1.54) is 0 Å². The molecule has 0 spiro atoms. The molecule has 2 atom stereocenters. The number of carbonyl (C=O) groups is 2. The van der Waals surface area contributed by atoms with E-state index in [-0.39, 0.29) is 18.4 Å². The van der Waals surface area contributed by atoms with Crippen molar-refractivity contribution in [2.45, 2.75) is 97.8 Å². The quantitative estimate of drug-likeness (QED) is 0.419. The number of rotatable bonds is 13. The Balaban J connectivity index is 2.82. The molecule has 0 fully saturated rings. The Morgan fingerprint density at radius 1 is 1.12 bits per heavy atom. The van der Waals surface area contributed by atoms with Crippen LogP contribution in [0.25, 0.3) is 0 Å². The van der Waals surface area contributed by atoms with Crippen LogP contribution in [0.1, 0.15) is 79.2 Å². The molecule has 0 aliphatic carbocycles. The Kier molecular flexibility index (Phi) is 12.4. The maximum atomic E-state index is 13.0. The maximum absolute atomic E-state index is 13.0. The van der Waals surface area contributed by atoms with Crippen molar-refractivity contribution in [1.29, 1.82) is 0 Å². The highest BCUT2D eigenvalue weighted by atomic mass is 16.6. The number of nitrogens with one attached hydrogen (secondary N) is 1. The molecule has 6 nitrogen and oxygen atoms in total. The number of amides is 2. The lowest BCUT2D eigenvalue weighted by atomic mass is 9.98. The molecule has 0 bridgehead atoms. The number of aliphatic hydroxyl groups excluding tert-OH is 1. The van der Waals surface area contributed by atoms with Crippen LogP contribution in [0.2, 0.25) is 0 Å². The minimum Gasteiger partial charge on any atom is -0.444 e. The summed E-state index contributed by atoms with van der Waals surface area (Å²) in [7, 11) is 0. The lowest BCUT2D eigenvalue weighted by Crippen LogP contribution is -2.51. The SMILES string of the molecule is CCCCCN(CC(O)[C@H](CC(C)C)NC(=O)OC(C)(C)C)C(=O)CCc1ccccc1. The van der Waals surface area contributed by atoms with Crippen molar-refractivity contribution in [1.82, 2.24) is 10.2 Å². The highest BCUT2D eigenvalue weighted by Gasteiger charge is 2.28. The smallest absolute Gasteiger partial charge is 0.407 e. The van der Waals surface area contributed by atoms with Gasteiger partial charge in [0.1, 0.15) is 5.60 Å². The summed E-state index contributed by atoms with van der Waals surface area (Å²) in [6.45, 7) is 12.4. The number of nitrogens with zero attached hydrogens (tertiary/aromatic N) is 1. The number of aliphatic hydroxyl groups is 1. The van der Waals surface area contributed by atoms with Gasteiger partial charge >= 0.3 is 6.09 Å². The summed E-state index contributed by atoms with van der Waals surface area (Å²) in [5.41, 5.74) is 0.510. The van der Waals surface area contributed by atoms with E-state index in [2.05, 4.69) is 12.2 Å². The fraction of sp³-hybridized carbons (Fsp3) is 0.692. The molecule has 32 heavy (non-hydrogen) atoms. The minimum atomic E-state index is -0.868. The van der Waals surface area contributed by atoms with E-state index in [0.717, 1.165) is 24.8 Å². The van der Waals surface area contributed by atoms with Gasteiger partial charge in [-0.05, 0) is 51.5 Å². The lowest BCUT2D eigenvalue weighted by molar-refractivity contribution is -0.133. The largest absolute Gasteiger partial charge is 0.444 e. The third kappa shape index (κ3) is 12.1. The fourth-order valence-electron chi connectivity index (χ4n) is 3.56. The van der Waals surface area contributed by atoms with Crippen LogP contribution in [-0.4, -0.2) is 52.8 Å². The third-order valence-electron chi connectivity index (χ3n) is 5.15. The Morgan fingerprint density at radius 2 is 1.78 bits per heavy atom. The van der Waals surface area contributed by atoms with Crippen LogP contribution in [-0.2, 0) is 16.0 Å². The van der Waals surface area contributed by atoms with E-state index >= 15 is 0 Å². The van der Waals surface area contributed by atoms with Gasteiger partial charge in [0.05, 0.1) is 12.1 Å². The van der Waals surface area contributed by atoms with Gasteiger partial charge in [-0.3, -0.25) is 4.79 Å². The molecule has 1 aromatic carbocycles. The normalized spacial score (nSPS) is 13.5. The Morgan fingerprint density at radius 3 is 2.34 bits per heavy atom. The van der Waals surface area contributed by atoms with E-state index in [1.54, 1.807) is 25.7 Å². The molecule has 0 aliphatic heterocycles. The van der Waals surface area contributed by atoms with Crippen molar-refractivity contribution in [3.63, 3.8) is 0 Å². The summed E-state index contributed by atoms with van der Waals surface area (Å²) >= 11 is 0. The number of carbonyl (C=O) groups excluding carboxylic acids is 2. The van der Waals surface area contributed by atoms with Crippen molar-refractivity contribution in [3.8, 4) is 0 Å². The second-order valence-electron chi connectivity index (χ2n) is 9.98. The average molecular weight is 449 g/mol. The topological polar surface area (TPSA) is 78.9 Å². The first-order valence-electron chi connectivity index (χ1n) is 12.0. The molecule has 1 unspecified atom stereocenters. The number of alkyl carbamates (subject to hydrolysis) is 1. The summed E-state index contributed by atoms with van der Waals surface area (Å²) in [6, 6.07) is 9.47. The number of hydrogen-bond acceptors (Lipinski definition) is 4. The van der Waals surface area contributed by atoms with Gasteiger partial charge in [0.25, 0.3) is 0 Å².